The van der Waals surface area contributed by atoms with Crippen LogP contribution in [-0.2, 0) is 19.4 Å². The number of nitrogens with zero attached hydrogens (tertiary/aromatic N) is 1. The summed E-state index contributed by atoms with van der Waals surface area (Å²) in [6.07, 6.45) is 8.35. The van der Waals surface area contributed by atoms with Gasteiger partial charge >= 0.3 is 5.97 Å². The maximum atomic E-state index is 12.6. The number of rotatable bonds is 14. The number of ether oxygens (including phenoxy) is 1. The smallest absolute Gasteiger partial charge is 0.349 e. The Balaban J connectivity index is 0.00000110. The summed E-state index contributed by atoms with van der Waals surface area (Å²) in [5, 5.41) is 0. The van der Waals surface area contributed by atoms with Crippen LogP contribution in [0.5, 0.6) is 0 Å². The van der Waals surface area contributed by atoms with E-state index in [1.165, 1.54) is 57.1 Å². The molecule has 0 heterocycles. The SMILES string of the molecule is CC/C=C(\C(=O)OCCCCCCCC)S(=O)(=O)c1ccccc1.CCN(CC)CC. The zero-order valence-electron chi connectivity index (χ0n) is 20.2. The normalized spacial score (nSPS) is 11.7. The Kier molecular flexibility index (Phi) is 17.0. The van der Waals surface area contributed by atoms with Gasteiger partial charge in [0.15, 0.2) is 4.91 Å². The highest BCUT2D eigenvalue weighted by molar-refractivity contribution is 7.96. The molecule has 0 amide bonds. The number of hydrogen-bond acceptors (Lipinski definition) is 5. The number of carbonyl (C=O) groups is 1. The molecule has 5 nitrogen and oxygen atoms in total. The number of esters is 1. The molecule has 1 aromatic rings. The van der Waals surface area contributed by atoms with Gasteiger partial charge in [0.25, 0.3) is 0 Å². The monoisotopic (exact) mass is 453 g/mol. The Morgan fingerprint density at radius 3 is 1.90 bits per heavy atom. The summed E-state index contributed by atoms with van der Waals surface area (Å²) in [4.78, 5) is 14.4. The minimum absolute atomic E-state index is 0.112. The van der Waals surface area contributed by atoms with Crippen molar-refractivity contribution in [1.29, 1.82) is 0 Å². The Morgan fingerprint density at radius 2 is 1.42 bits per heavy atom. The van der Waals surface area contributed by atoms with Crippen LogP contribution in [0.15, 0.2) is 46.2 Å². The molecule has 0 unspecified atom stereocenters. The van der Waals surface area contributed by atoms with Crippen molar-refractivity contribution in [3.8, 4) is 0 Å². The summed E-state index contributed by atoms with van der Waals surface area (Å²) in [6.45, 7) is 14.3. The molecule has 1 aromatic carbocycles. The van der Waals surface area contributed by atoms with E-state index in [1.807, 2.05) is 0 Å². The van der Waals surface area contributed by atoms with E-state index in [0.717, 1.165) is 19.3 Å². The lowest BCUT2D eigenvalue weighted by molar-refractivity contribution is -0.138. The van der Waals surface area contributed by atoms with E-state index in [4.69, 9.17) is 4.74 Å². The van der Waals surface area contributed by atoms with E-state index in [0.29, 0.717) is 6.42 Å². The van der Waals surface area contributed by atoms with Gasteiger partial charge in [0.2, 0.25) is 9.84 Å². The van der Waals surface area contributed by atoms with E-state index in [2.05, 4.69) is 32.6 Å². The third-order valence-electron chi connectivity index (χ3n) is 5.01. The molecule has 178 valence electrons. The van der Waals surface area contributed by atoms with Crippen molar-refractivity contribution in [3.63, 3.8) is 0 Å². The number of benzene rings is 1. The van der Waals surface area contributed by atoms with Crippen LogP contribution in [0.1, 0.15) is 79.6 Å². The van der Waals surface area contributed by atoms with Crippen molar-refractivity contribution in [1.82, 2.24) is 4.90 Å². The van der Waals surface area contributed by atoms with Gasteiger partial charge in [-0.1, -0.05) is 91.0 Å². The molecule has 0 saturated carbocycles. The van der Waals surface area contributed by atoms with Gasteiger partial charge in [0, 0.05) is 0 Å². The van der Waals surface area contributed by atoms with Gasteiger partial charge < -0.3 is 9.64 Å². The van der Waals surface area contributed by atoms with E-state index >= 15 is 0 Å². The maximum absolute atomic E-state index is 12.6. The van der Waals surface area contributed by atoms with Gasteiger partial charge in [-0.05, 0) is 44.6 Å². The number of allylic oxidation sites excluding steroid dienone is 1. The van der Waals surface area contributed by atoms with Gasteiger partial charge in [-0.25, -0.2) is 13.2 Å². The van der Waals surface area contributed by atoms with E-state index < -0.39 is 15.8 Å². The zero-order valence-corrected chi connectivity index (χ0v) is 21.0. The standard InChI is InChI=1S/C19H28O4S.C6H15N/c1-3-5-6-7-8-12-16-23-19(20)18(13-4-2)24(21,22)17-14-10-9-11-15-17;1-4-7(5-2)6-3/h9-11,13-15H,3-8,12,16H2,1-2H3;4-6H2,1-3H3/b18-13+;. The van der Waals surface area contributed by atoms with Crippen molar-refractivity contribution in [2.45, 2.75) is 84.5 Å². The maximum Gasteiger partial charge on any atom is 0.349 e. The van der Waals surface area contributed by atoms with Crippen molar-refractivity contribution >= 4 is 15.8 Å². The zero-order chi connectivity index (χ0) is 23.5. The van der Waals surface area contributed by atoms with E-state index in [1.54, 1.807) is 25.1 Å². The second-order valence-electron chi connectivity index (χ2n) is 7.32. The molecule has 0 bridgehead atoms. The molecular formula is C25H43NO4S. The highest BCUT2D eigenvalue weighted by Gasteiger charge is 2.27. The molecule has 0 aliphatic carbocycles. The highest BCUT2D eigenvalue weighted by atomic mass is 32.2. The first-order valence-electron chi connectivity index (χ1n) is 11.8. The first-order valence-corrected chi connectivity index (χ1v) is 13.3. The summed E-state index contributed by atoms with van der Waals surface area (Å²) in [5.74, 6) is -0.755. The van der Waals surface area contributed by atoms with Crippen LogP contribution in [-0.4, -0.2) is 45.5 Å². The van der Waals surface area contributed by atoms with Crippen molar-refractivity contribution < 1.29 is 17.9 Å². The topological polar surface area (TPSA) is 63.7 Å². The predicted octanol–water partition coefficient (Wildman–Crippen LogP) is 6.01. The molecule has 0 atom stereocenters. The summed E-state index contributed by atoms with van der Waals surface area (Å²) >= 11 is 0. The largest absolute Gasteiger partial charge is 0.462 e. The fraction of sp³-hybridized carbons (Fsp3) is 0.640. The summed E-state index contributed by atoms with van der Waals surface area (Å²) < 4.78 is 30.4. The van der Waals surface area contributed by atoms with Gasteiger partial charge in [-0.3, -0.25) is 0 Å². The van der Waals surface area contributed by atoms with Crippen LogP contribution in [0.4, 0.5) is 0 Å². The Morgan fingerprint density at radius 1 is 0.871 bits per heavy atom. The second-order valence-corrected chi connectivity index (χ2v) is 9.23. The molecule has 0 aliphatic heterocycles. The van der Waals surface area contributed by atoms with E-state index in [9.17, 15) is 13.2 Å². The minimum Gasteiger partial charge on any atom is -0.462 e. The van der Waals surface area contributed by atoms with E-state index in [-0.39, 0.29) is 16.4 Å². The van der Waals surface area contributed by atoms with Crippen LogP contribution in [0.25, 0.3) is 0 Å². The molecule has 0 aliphatic rings. The van der Waals surface area contributed by atoms with Gasteiger partial charge in [0.1, 0.15) is 0 Å². The molecule has 0 saturated heterocycles. The molecule has 0 N–H and O–H groups in total. The third-order valence-corrected chi connectivity index (χ3v) is 6.81. The van der Waals surface area contributed by atoms with Crippen LogP contribution in [0.2, 0.25) is 0 Å². The predicted molar refractivity (Wildman–Crippen MR) is 130 cm³/mol. The Hall–Kier alpha value is -1.66. The first-order chi connectivity index (χ1) is 14.9. The number of hydrogen-bond donors (Lipinski definition) is 0. The van der Waals surface area contributed by atoms with Crippen LogP contribution in [0.3, 0.4) is 0 Å². The van der Waals surface area contributed by atoms with Gasteiger partial charge in [0.05, 0.1) is 11.5 Å². The molecule has 6 heteroatoms. The lowest BCUT2D eigenvalue weighted by atomic mass is 10.1. The minimum atomic E-state index is -3.83. The third kappa shape index (κ3) is 12.1. The number of carbonyl (C=O) groups excluding carboxylic acids is 1. The highest BCUT2D eigenvalue weighted by Crippen LogP contribution is 2.21. The van der Waals surface area contributed by atoms with Crippen LogP contribution < -0.4 is 0 Å². The fourth-order valence-corrected chi connectivity index (χ4v) is 4.44. The van der Waals surface area contributed by atoms with Crippen LogP contribution in [0, 0.1) is 0 Å². The van der Waals surface area contributed by atoms with Crippen LogP contribution >= 0.6 is 0 Å². The number of sulfone groups is 1. The quantitative estimate of drug-likeness (QED) is 0.196. The molecular weight excluding hydrogens is 410 g/mol. The lowest BCUT2D eigenvalue weighted by Crippen LogP contribution is -2.21. The summed E-state index contributed by atoms with van der Waals surface area (Å²) in [7, 11) is -3.83. The molecule has 31 heavy (non-hydrogen) atoms. The first kappa shape index (κ1) is 29.3. The Bertz CT molecular complexity index is 705. The number of unbranched alkanes of at least 4 members (excludes halogenated alkanes) is 5. The summed E-state index contributed by atoms with van der Waals surface area (Å²) in [5.41, 5.74) is 0. The van der Waals surface area contributed by atoms with Gasteiger partial charge in [-0.2, -0.15) is 0 Å². The second kappa shape index (κ2) is 18.0. The molecule has 0 aromatic heterocycles. The lowest BCUT2D eigenvalue weighted by Gasteiger charge is -2.13. The average Bonchev–Trinajstić information content (AvgIpc) is 2.78. The van der Waals surface area contributed by atoms with Crippen molar-refractivity contribution in [3.05, 3.63) is 41.3 Å². The molecule has 0 radical (unpaired) electrons. The fourth-order valence-electron chi connectivity index (χ4n) is 3.00. The Labute approximate surface area is 190 Å². The molecule has 1 rings (SSSR count). The molecule has 0 spiro atoms. The van der Waals surface area contributed by atoms with Gasteiger partial charge in [-0.15, -0.1) is 0 Å². The summed E-state index contributed by atoms with van der Waals surface area (Å²) in [6, 6.07) is 7.98. The van der Waals surface area contributed by atoms with Crippen molar-refractivity contribution in [2.24, 2.45) is 0 Å². The van der Waals surface area contributed by atoms with Crippen molar-refractivity contribution in [2.75, 3.05) is 26.2 Å². The molecule has 0 fully saturated rings. The average molecular weight is 454 g/mol.